The van der Waals surface area contributed by atoms with Gasteiger partial charge in [0.2, 0.25) is 0 Å². The largest absolute Gasteiger partial charge is 0.336 e. The average Bonchev–Trinajstić information content (AvgIpc) is 2.64. The molecule has 2 rings (SSSR count). The van der Waals surface area contributed by atoms with E-state index in [0.717, 1.165) is 30.6 Å². The summed E-state index contributed by atoms with van der Waals surface area (Å²) in [5.74, 6) is 0.130. The van der Waals surface area contributed by atoms with Crippen LogP contribution in [0.2, 0.25) is 0 Å². The van der Waals surface area contributed by atoms with Crippen LogP contribution in [0.3, 0.4) is 0 Å². The van der Waals surface area contributed by atoms with Gasteiger partial charge in [-0.1, -0.05) is 0 Å². The number of nitrogens with zero attached hydrogens (tertiary/aromatic N) is 2. The van der Waals surface area contributed by atoms with Crippen molar-refractivity contribution in [3.63, 3.8) is 0 Å². The van der Waals surface area contributed by atoms with Gasteiger partial charge in [-0.25, -0.2) is 0 Å². The molecule has 0 N–H and O–H groups in total. The summed E-state index contributed by atoms with van der Waals surface area (Å²) >= 11 is 0. The molecule has 80 valence electrons. The summed E-state index contributed by atoms with van der Waals surface area (Å²) in [5.41, 5.74) is 1.56. The van der Waals surface area contributed by atoms with Gasteiger partial charge in [0.05, 0.1) is 5.56 Å². The number of pyridine rings is 1. The Morgan fingerprint density at radius 3 is 3.00 bits per heavy atom. The van der Waals surface area contributed by atoms with Gasteiger partial charge in [-0.05, 0) is 38.8 Å². The van der Waals surface area contributed by atoms with Crippen LogP contribution in [0, 0.1) is 6.92 Å². The summed E-state index contributed by atoms with van der Waals surface area (Å²) in [7, 11) is 0. The topological polar surface area (TPSA) is 33.2 Å². The molecule has 3 heteroatoms. The molecule has 1 amide bonds. The number of aryl methyl sites for hydroxylation is 1. The minimum Gasteiger partial charge on any atom is -0.336 e. The fraction of sp³-hybridized carbons (Fsp3) is 0.500. The number of aromatic nitrogens is 1. The third-order valence-corrected chi connectivity index (χ3v) is 3.05. The van der Waals surface area contributed by atoms with E-state index in [1.807, 2.05) is 24.0 Å². The van der Waals surface area contributed by atoms with Crippen LogP contribution in [0.15, 0.2) is 18.3 Å². The Balaban J connectivity index is 2.24. The molecule has 1 aromatic rings. The third kappa shape index (κ3) is 1.87. The van der Waals surface area contributed by atoms with Crippen molar-refractivity contribution < 1.29 is 4.79 Å². The Bertz CT molecular complexity index is 376. The van der Waals surface area contributed by atoms with Gasteiger partial charge in [0, 0.05) is 24.5 Å². The van der Waals surface area contributed by atoms with Crippen LogP contribution >= 0.6 is 0 Å². The fourth-order valence-corrected chi connectivity index (χ4v) is 2.10. The van der Waals surface area contributed by atoms with Crippen molar-refractivity contribution in [1.29, 1.82) is 0 Å². The Kier molecular flexibility index (Phi) is 2.71. The Hall–Kier alpha value is -1.38. The molecule has 0 aliphatic carbocycles. The van der Waals surface area contributed by atoms with E-state index < -0.39 is 0 Å². The maximum Gasteiger partial charge on any atom is 0.255 e. The van der Waals surface area contributed by atoms with Crippen molar-refractivity contribution in [2.24, 2.45) is 0 Å². The van der Waals surface area contributed by atoms with Crippen LogP contribution in [0.4, 0.5) is 0 Å². The van der Waals surface area contributed by atoms with Crippen LogP contribution < -0.4 is 0 Å². The van der Waals surface area contributed by atoms with Crippen LogP contribution in [0.1, 0.15) is 35.8 Å². The highest BCUT2D eigenvalue weighted by Gasteiger charge is 2.26. The van der Waals surface area contributed by atoms with Crippen LogP contribution in [0.5, 0.6) is 0 Å². The standard InChI is InChI=1S/C12H16N2O/c1-9-5-4-8-14(9)12(15)11-6-3-7-13-10(11)2/h3,6-7,9H,4-5,8H2,1-2H3/t9-/m1/s1. The quantitative estimate of drug-likeness (QED) is 0.701. The second kappa shape index (κ2) is 4.01. The SMILES string of the molecule is Cc1ncccc1C(=O)N1CCC[C@H]1C. The van der Waals surface area contributed by atoms with Crippen molar-refractivity contribution in [2.45, 2.75) is 32.7 Å². The molecule has 0 unspecified atom stereocenters. The molecule has 0 bridgehead atoms. The van der Waals surface area contributed by atoms with Gasteiger partial charge in [0.15, 0.2) is 0 Å². The smallest absolute Gasteiger partial charge is 0.255 e. The van der Waals surface area contributed by atoms with Gasteiger partial charge in [0.25, 0.3) is 5.91 Å². The first-order chi connectivity index (χ1) is 7.20. The highest BCUT2D eigenvalue weighted by Crippen LogP contribution is 2.20. The molecule has 3 nitrogen and oxygen atoms in total. The summed E-state index contributed by atoms with van der Waals surface area (Å²) in [6.45, 7) is 4.87. The second-order valence-electron chi connectivity index (χ2n) is 4.13. The second-order valence-corrected chi connectivity index (χ2v) is 4.13. The molecule has 2 heterocycles. The minimum atomic E-state index is 0.130. The number of rotatable bonds is 1. The molecule has 1 saturated heterocycles. The highest BCUT2D eigenvalue weighted by molar-refractivity contribution is 5.95. The van der Waals surface area contributed by atoms with Gasteiger partial charge in [-0.3, -0.25) is 9.78 Å². The molecular weight excluding hydrogens is 188 g/mol. The summed E-state index contributed by atoms with van der Waals surface area (Å²) in [6.07, 6.45) is 3.96. The van der Waals surface area contributed by atoms with Crippen molar-refractivity contribution in [1.82, 2.24) is 9.88 Å². The predicted molar refractivity (Wildman–Crippen MR) is 58.7 cm³/mol. The van der Waals surface area contributed by atoms with Crippen molar-refractivity contribution in [2.75, 3.05) is 6.54 Å². The van der Waals surface area contributed by atoms with E-state index in [1.165, 1.54) is 0 Å². The van der Waals surface area contributed by atoms with Gasteiger partial charge in [0.1, 0.15) is 0 Å². The molecule has 0 aromatic carbocycles. The zero-order valence-electron chi connectivity index (χ0n) is 9.23. The Morgan fingerprint density at radius 2 is 2.40 bits per heavy atom. The Morgan fingerprint density at radius 1 is 1.60 bits per heavy atom. The maximum absolute atomic E-state index is 12.2. The lowest BCUT2D eigenvalue weighted by molar-refractivity contribution is 0.0746. The van der Waals surface area contributed by atoms with E-state index in [-0.39, 0.29) is 5.91 Å². The van der Waals surface area contributed by atoms with Gasteiger partial charge in [-0.2, -0.15) is 0 Å². The summed E-state index contributed by atoms with van der Waals surface area (Å²) in [5, 5.41) is 0. The van der Waals surface area contributed by atoms with Crippen molar-refractivity contribution in [3.05, 3.63) is 29.6 Å². The summed E-state index contributed by atoms with van der Waals surface area (Å²) in [4.78, 5) is 18.3. The molecule has 15 heavy (non-hydrogen) atoms. The molecule has 0 saturated carbocycles. The van der Waals surface area contributed by atoms with Crippen molar-refractivity contribution >= 4 is 5.91 Å². The molecule has 1 aromatic heterocycles. The lowest BCUT2D eigenvalue weighted by atomic mass is 10.1. The summed E-state index contributed by atoms with van der Waals surface area (Å²) < 4.78 is 0. The Labute approximate surface area is 90.1 Å². The van der Waals surface area contributed by atoms with Gasteiger partial charge < -0.3 is 4.90 Å². The normalized spacial score (nSPS) is 20.7. The lowest BCUT2D eigenvalue weighted by Crippen LogP contribution is -2.34. The van der Waals surface area contributed by atoms with E-state index in [4.69, 9.17) is 0 Å². The van der Waals surface area contributed by atoms with E-state index in [0.29, 0.717) is 6.04 Å². The van der Waals surface area contributed by atoms with E-state index >= 15 is 0 Å². The van der Waals surface area contributed by atoms with E-state index in [1.54, 1.807) is 6.20 Å². The third-order valence-electron chi connectivity index (χ3n) is 3.05. The number of carbonyl (C=O) groups excluding carboxylic acids is 1. The predicted octanol–water partition coefficient (Wildman–Crippen LogP) is 2.01. The number of hydrogen-bond donors (Lipinski definition) is 0. The monoisotopic (exact) mass is 204 g/mol. The zero-order chi connectivity index (χ0) is 10.8. The van der Waals surface area contributed by atoms with Crippen molar-refractivity contribution in [3.8, 4) is 0 Å². The fourth-order valence-electron chi connectivity index (χ4n) is 2.10. The molecule has 1 fully saturated rings. The van der Waals surface area contributed by atoms with Gasteiger partial charge in [-0.15, -0.1) is 0 Å². The highest BCUT2D eigenvalue weighted by atomic mass is 16.2. The van der Waals surface area contributed by atoms with Crippen LogP contribution in [-0.2, 0) is 0 Å². The molecule has 0 spiro atoms. The molecule has 1 aliphatic heterocycles. The maximum atomic E-state index is 12.2. The number of hydrogen-bond acceptors (Lipinski definition) is 2. The number of amides is 1. The molecular formula is C12H16N2O. The minimum absolute atomic E-state index is 0.130. The molecule has 1 atom stereocenters. The first-order valence-electron chi connectivity index (χ1n) is 5.42. The first-order valence-corrected chi connectivity index (χ1v) is 5.42. The number of carbonyl (C=O) groups is 1. The zero-order valence-corrected chi connectivity index (χ0v) is 9.23. The van der Waals surface area contributed by atoms with E-state index in [9.17, 15) is 4.79 Å². The first kappa shape index (κ1) is 10.1. The van der Waals surface area contributed by atoms with E-state index in [2.05, 4.69) is 11.9 Å². The van der Waals surface area contributed by atoms with Crippen LogP contribution in [-0.4, -0.2) is 28.4 Å². The average molecular weight is 204 g/mol. The molecule has 1 aliphatic rings. The van der Waals surface area contributed by atoms with Gasteiger partial charge >= 0.3 is 0 Å². The summed E-state index contributed by atoms with van der Waals surface area (Å²) in [6, 6.07) is 4.05. The van der Waals surface area contributed by atoms with Crippen LogP contribution in [0.25, 0.3) is 0 Å². The molecule has 0 radical (unpaired) electrons. The number of likely N-dealkylation sites (tertiary alicyclic amines) is 1. The lowest BCUT2D eigenvalue weighted by Gasteiger charge is -2.21.